The Labute approximate surface area is 108 Å². The number of hydrogen-bond acceptors (Lipinski definition) is 3. The van der Waals surface area contributed by atoms with Crippen molar-refractivity contribution < 1.29 is 13.2 Å². The average molecular weight is 269 g/mol. The summed E-state index contributed by atoms with van der Waals surface area (Å²) in [4.78, 5) is 0.618. The molecule has 2 atom stereocenters. The molecule has 0 fully saturated rings. The molecule has 2 nitrogen and oxygen atoms in total. The molecule has 96 valence electrons. The molecule has 5 heteroatoms. The minimum Gasteiger partial charge on any atom is -0.468 e. The van der Waals surface area contributed by atoms with Crippen LogP contribution in [-0.4, -0.2) is 6.04 Å². The third-order valence-corrected chi connectivity index (χ3v) is 3.90. The number of hydrogen-bond donors (Lipinski definition) is 1. The smallest absolute Gasteiger partial charge is 0.159 e. The van der Waals surface area contributed by atoms with Gasteiger partial charge in [0.05, 0.1) is 11.5 Å². The Morgan fingerprint density at radius 3 is 2.56 bits per heavy atom. The number of halogens is 2. The molecule has 18 heavy (non-hydrogen) atoms. The van der Waals surface area contributed by atoms with Crippen molar-refractivity contribution in [1.29, 1.82) is 0 Å². The highest BCUT2D eigenvalue weighted by Crippen LogP contribution is 2.37. The van der Waals surface area contributed by atoms with E-state index in [0.717, 1.165) is 11.8 Å². The molecular weight excluding hydrogens is 256 g/mol. The molecule has 2 N–H and O–H groups in total. The summed E-state index contributed by atoms with van der Waals surface area (Å²) in [6, 6.07) is 7.23. The van der Waals surface area contributed by atoms with E-state index in [-0.39, 0.29) is 11.3 Å². The number of benzene rings is 1. The molecule has 0 aliphatic rings. The maximum absolute atomic E-state index is 13.1. The molecular formula is C13H13F2NOS. The molecule has 2 rings (SSSR count). The highest BCUT2D eigenvalue weighted by atomic mass is 32.2. The van der Waals surface area contributed by atoms with Crippen LogP contribution in [0.25, 0.3) is 0 Å². The normalized spacial score (nSPS) is 14.4. The van der Waals surface area contributed by atoms with E-state index in [2.05, 4.69) is 0 Å². The summed E-state index contributed by atoms with van der Waals surface area (Å²) in [5.41, 5.74) is 5.90. The van der Waals surface area contributed by atoms with E-state index in [1.807, 2.05) is 13.0 Å². The van der Waals surface area contributed by atoms with Crippen molar-refractivity contribution in [2.45, 2.75) is 23.1 Å². The summed E-state index contributed by atoms with van der Waals surface area (Å²) in [7, 11) is 0. The molecule has 0 saturated heterocycles. The highest BCUT2D eigenvalue weighted by Gasteiger charge is 2.20. The largest absolute Gasteiger partial charge is 0.468 e. The molecule has 1 heterocycles. The van der Waals surface area contributed by atoms with Gasteiger partial charge in [0.15, 0.2) is 11.6 Å². The van der Waals surface area contributed by atoms with Gasteiger partial charge in [-0.2, -0.15) is 0 Å². The van der Waals surface area contributed by atoms with Crippen molar-refractivity contribution >= 4 is 11.8 Å². The summed E-state index contributed by atoms with van der Waals surface area (Å²) >= 11 is 1.35. The second-order valence-corrected chi connectivity index (χ2v) is 5.20. The van der Waals surface area contributed by atoms with E-state index >= 15 is 0 Å². The van der Waals surface area contributed by atoms with E-state index in [9.17, 15) is 8.78 Å². The van der Waals surface area contributed by atoms with Crippen LogP contribution in [0.4, 0.5) is 8.78 Å². The molecule has 0 amide bonds. The first-order chi connectivity index (χ1) is 8.58. The van der Waals surface area contributed by atoms with Crippen molar-refractivity contribution in [3.05, 3.63) is 54.0 Å². The molecule has 2 unspecified atom stereocenters. The van der Waals surface area contributed by atoms with Gasteiger partial charge in [-0.1, -0.05) is 0 Å². The molecule has 0 spiro atoms. The molecule has 0 aliphatic heterocycles. The van der Waals surface area contributed by atoms with Gasteiger partial charge in [0, 0.05) is 10.9 Å². The lowest BCUT2D eigenvalue weighted by atomic mass is 10.2. The molecule has 0 aliphatic carbocycles. The third-order valence-electron chi connectivity index (χ3n) is 2.46. The zero-order valence-electron chi connectivity index (χ0n) is 9.77. The quantitative estimate of drug-likeness (QED) is 0.859. The number of thioether (sulfide) groups is 1. The Kier molecular flexibility index (Phi) is 4.04. The van der Waals surface area contributed by atoms with Gasteiger partial charge in [-0.25, -0.2) is 8.78 Å². The molecule has 0 bridgehead atoms. The Morgan fingerprint density at radius 2 is 2.00 bits per heavy atom. The van der Waals surface area contributed by atoms with Crippen LogP contribution < -0.4 is 5.73 Å². The van der Waals surface area contributed by atoms with Crippen molar-refractivity contribution in [2.75, 3.05) is 0 Å². The van der Waals surface area contributed by atoms with Crippen LogP contribution in [0.1, 0.15) is 17.9 Å². The van der Waals surface area contributed by atoms with Crippen molar-refractivity contribution in [3.63, 3.8) is 0 Å². The predicted octanol–water partition coefficient (Wildman–Crippen LogP) is 3.74. The number of furan rings is 1. The van der Waals surface area contributed by atoms with Crippen LogP contribution in [-0.2, 0) is 0 Å². The van der Waals surface area contributed by atoms with Gasteiger partial charge in [0.2, 0.25) is 0 Å². The minimum absolute atomic E-state index is 0.134. The van der Waals surface area contributed by atoms with Gasteiger partial charge >= 0.3 is 0 Å². The van der Waals surface area contributed by atoms with Crippen LogP contribution in [0.15, 0.2) is 45.9 Å². The van der Waals surface area contributed by atoms with E-state index in [1.54, 1.807) is 12.3 Å². The first-order valence-electron chi connectivity index (χ1n) is 5.48. The van der Waals surface area contributed by atoms with Gasteiger partial charge in [-0.05, 0) is 37.3 Å². The van der Waals surface area contributed by atoms with Gasteiger partial charge in [-0.15, -0.1) is 11.8 Å². The van der Waals surface area contributed by atoms with Crippen molar-refractivity contribution in [2.24, 2.45) is 5.73 Å². The van der Waals surface area contributed by atoms with Crippen LogP contribution >= 0.6 is 11.8 Å². The SMILES string of the molecule is CC(N)C(Sc1ccc(F)c(F)c1)c1ccco1. The van der Waals surface area contributed by atoms with E-state index in [0.29, 0.717) is 4.90 Å². The first kappa shape index (κ1) is 13.1. The summed E-state index contributed by atoms with van der Waals surface area (Å²) in [5.74, 6) is -0.989. The second kappa shape index (κ2) is 5.54. The van der Waals surface area contributed by atoms with Crippen molar-refractivity contribution in [1.82, 2.24) is 0 Å². The van der Waals surface area contributed by atoms with Crippen molar-refractivity contribution in [3.8, 4) is 0 Å². The Bertz CT molecular complexity index is 514. The zero-order valence-corrected chi connectivity index (χ0v) is 10.6. The zero-order chi connectivity index (χ0) is 13.1. The van der Waals surface area contributed by atoms with Crippen LogP contribution in [0.2, 0.25) is 0 Å². The molecule has 1 aromatic carbocycles. The summed E-state index contributed by atoms with van der Waals surface area (Å²) in [5, 5.41) is -0.134. The second-order valence-electron chi connectivity index (χ2n) is 3.99. The predicted molar refractivity (Wildman–Crippen MR) is 67.3 cm³/mol. The first-order valence-corrected chi connectivity index (χ1v) is 6.36. The summed E-state index contributed by atoms with van der Waals surface area (Å²) in [6.07, 6.45) is 1.57. The fourth-order valence-electron chi connectivity index (χ4n) is 1.57. The van der Waals surface area contributed by atoms with E-state index < -0.39 is 11.6 Å². The molecule has 0 saturated carbocycles. The van der Waals surface area contributed by atoms with E-state index in [1.165, 1.54) is 23.9 Å². The fraction of sp³-hybridized carbons (Fsp3) is 0.231. The lowest BCUT2D eigenvalue weighted by Crippen LogP contribution is -2.22. The number of rotatable bonds is 4. The number of nitrogens with two attached hydrogens (primary N) is 1. The van der Waals surface area contributed by atoms with Crippen LogP contribution in [0, 0.1) is 11.6 Å². The van der Waals surface area contributed by atoms with E-state index in [4.69, 9.17) is 10.2 Å². The van der Waals surface area contributed by atoms with Crippen LogP contribution in [0.3, 0.4) is 0 Å². The van der Waals surface area contributed by atoms with Gasteiger partial charge in [-0.3, -0.25) is 0 Å². The summed E-state index contributed by atoms with van der Waals surface area (Å²) in [6.45, 7) is 1.85. The molecule has 1 aromatic heterocycles. The van der Waals surface area contributed by atoms with Gasteiger partial charge in [0.1, 0.15) is 5.76 Å². The monoisotopic (exact) mass is 269 g/mol. The van der Waals surface area contributed by atoms with Crippen LogP contribution in [0.5, 0.6) is 0 Å². The standard InChI is InChI=1S/C13H13F2NOS/c1-8(16)13(12-3-2-6-17-12)18-9-4-5-10(14)11(15)7-9/h2-8,13H,16H2,1H3. The maximum atomic E-state index is 13.1. The van der Waals surface area contributed by atoms with Gasteiger partial charge in [0.25, 0.3) is 0 Å². The third kappa shape index (κ3) is 2.91. The Morgan fingerprint density at radius 1 is 1.22 bits per heavy atom. The average Bonchev–Trinajstić information content (AvgIpc) is 2.83. The Hall–Kier alpha value is -1.33. The lowest BCUT2D eigenvalue weighted by molar-refractivity contribution is 0.486. The maximum Gasteiger partial charge on any atom is 0.159 e. The van der Waals surface area contributed by atoms with Gasteiger partial charge < -0.3 is 10.2 Å². The minimum atomic E-state index is -0.858. The Balaban J connectivity index is 2.21. The summed E-state index contributed by atoms with van der Waals surface area (Å²) < 4.78 is 31.3. The highest BCUT2D eigenvalue weighted by molar-refractivity contribution is 7.99. The topological polar surface area (TPSA) is 39.2 Å². The fourth-order valence-corrected chi connectivity index (χ4v) is 2.65. The molecule has 2 aromatic rings. The lowest BCUT2D eigenvalue weighted by Gasteiger charge is -2.18. The molecule has 0 radical (unpaired) electrons.